The molecule has 0 aliphatic heterocycles. The molecule has 14 heavy (non-hydrogen) atoms. The van der Waals surface area contributed by atoms with Crippen molar-refractivity contribution in [2.75, 3.05) is 12.9 Å². The van der Waals surface area contributed by atoms with E-state index in [0.717, 1.165) is 24.2 Å². The lowest BCUT2D eigenvalue weighted by Crippen LogP contribution is -1.91. The van der Waals surface area contributed by atoms with Gasteiger partial charge in [-0.05, 0) is 30.2 Å². The van der Waals surface area contributed by atoms with Gasteiger partial charge in [0.05, 0.1) is 7.11 Å². The van der Waals surface area contributed by atoms with Crippen molar-refractivity contribution >= 4 is 24.2 Å². The average Bonchev–Trinajstić information content (AvgIpc) is 2.18. The fraction of sp³-hybridized carbons (Fsp3) is 0.400. The molecule has 1 aromatic rings. The fourth-order valence-electron chi connectivity index (χ4n) is 1.24. The second-order valence-corrected chi connectivity index (χ2v) is 3.83. The third kappa shape index (κ3) is 2.72. The number of aromatic hydroxyl groups is 1. The number of hydrogen-bond acceptors (Lipinski definition) is 3. The van der Waals surface area contributed by atoms with Gasteiger partial charge in [-0.3, -0.25) is 0 Å². The molecular weight excluding hydrogens is 220 g/mol. The second-order valence-electron chi connectivity index (χ2n) is 2.94. The topological polar surface area (TPSA) is 29.5 Å². The molecule has 1 aromatic carbocycles. The van der Waals surface area contributed by atoms with Crippen LogP contribution in [0.2, 0.25) is 5.02 Å². The molecule has 4 heteroatoms. The molecule has 78 valence electrons. The smallest absolute Gasteiger partial charge is 0.162 e. The maximum atomic E-state index is 9.73. The number of ether oxygens (including phenoxy) is 1. The molecule has 0 aromatic heterocycles. The van der Waals surface area contributed by atoms with E-state index in [2.05, 4.69) is 12.6 Å². The van der Waals surface area contributed by atoms with E-state index in [9.17, 15) is 5.11 Å². The van der Waals surface area contributed by atoms with E-state index in [-0.39, 0.29) is 5.75 Å². The quantitative estimate of drug-likeness (QED) is 0.782. The summed E-state index contributed by atoms with van der Waals surface area (Å²) in [7, 11) is 1.51. The highest BCUT2D eigenvalue weighted by atomic mass is 35.5. The zero-order valence-corrected chi connectivity index (χ0v) is 9.61. The van der Waals surface area contributed by atoms with Gasteiger partial charge in [-0.2, -0.15) is 12.6 Å². The van der Waals surface area contributed by atoms with Gasteiger partial charge in [0.15, 0.2) is 11.5 Å². The minimum absolute atomic E-state index is 0.179. The Morgan fingerprint density at radius 2 is 2.21 bits per heavy atom. The highest BCUT2D eigenvalue weighted by Crippen LogP contribution is 2.33. The van der Waals surface area contributed by atoms with Crippen LogP contribution in [0.25, 0.3) is 0 Å². The molecule has 0 unspecified atom stereocenters. The van der Waals surface area contributed by atoms with Crippen molar-refractivity contribution in [3.05, 3.63) is 22.7 Å². The van der Waals surface area contributed by atoms with Crippen molar-refractivity contribution in [3.8, 4) is 11.5 Å². The molecular formula is C10H13ClO2S. The third-order valence-electron chi connectivity index (χ3n) is 1.94. The van der Waals surface area contributed by atoms with E-state index < -0.39 is 0 Å². The molecule has 0 bridgehead atoms. The predicted octanol–water partition coefficient (Wildman–Crippen LogP) is 2.92. The van der Waals surface area contributed by atoms with Crippen LogP contribution in [0.1, 0.15) is 12.0 Å². The molecule has 0 saturated heterocycles. The normalized spacial score (nSPS) is 10.2. The molecule has 0 amide bonds. The minimum atomic E-state index is 0.179. The van der Waals surface area contributed by atoms with Crippen LogP contribution in [0.5, 0.6) is 11.5 Å². The predicted molar refractivity (Wildman–Crippen MR) is 61.8 cm³/mol. The van der Waals surface area contributed by atoms with Gasteiger partial charge in [0.25, 0.3) is 0 Å². The fourth-order valence-corrected chi connectivity index (χ4v) is 1.63. The van der Waals surface area contributed by atoms with E-state index in [1.165, 1.54) is 7.11 Å². The molecule has 0 aliphatic carbocycles. The number of benzene rings is 1. The Balaban J connectivity index is 2.96. The zero-order valence-electron chi connectivity index (χ0n) is 7.96. The summed E-state index contributed by atoms with van der Waals surface area (Å²) >= 11 is 9.98. The van der Waals surface area contributed by atoms with Crippen LogP contribution < -0.4 is 4.74 Å². The van der Waals surface area contributed by atoms with Gasteiger partial charge in [-0.25, -0.2) is 0 Å². The van der Waals surface area contributed by atoms with Gasteiger partial charge in [0, 0.05) is 11.1 Å². The summed E-state index contributed by atoms with van der Waals surface area (Å²) in [5, 5.41) is 10.3. The van der Waals surface area contributed by atoms with E-state index >= 15 is 0 Å². The third-order valence-corrected chi connectivity index (χ3v) is 2.48. The Hall–Kier alpha value is -0.540. The Kier molecular flexibility index (Phi) is 4.42. The van der Waals surface area contributed by atoms with Crippen LogP contribution in [-0.2, 0) is 6.42 Å². The summed E-state index contributed by atoms with van der Waals surface area (Å²) in [5.74, 6) is 1.39. The first kappa shape index (κ1) is 11.5. The van der Waals surface area contributed by atoms with Gasteiger partial charge >= 0.3 is 0 Å². The summed E-state index contributed by atoms with van der Waals surface area (Å²) in [5.41, 5.74) is 0.809. The number of hydrogen-bond donors (Lipinski definition) is 2. The molecule has 2 nitrogen and oxygen atoms in total. The number of phenolic OH excluding ortho intramolecular Hbond substituents is 1. The summed E-state index contributed by atoms with van der Waals surface area (Å²) in [6.07, 6.45) is 1.66. The van der Waals surface area contributed by atoms with Crippen LogP contribution >= 0.6 is 24.2 Å². The highest BCUT2D eigenvalue weighted by molar-refractivity contribution is 7.80. The molecule has 0 saturated carbocycles. The standard InChI is InChI=1S/C10H13ClO2S/c1-13-9-6-8(11)5-7(10(9)12)3-2-4-14/h5-6,12,14H,2-4H2,1H3. The molecule has 0 heterocycles. The number of aryl methyl sites for hydroxylation is 1. The largest absolute Gasteiger partial charge is 0.504 e. The summed E-state index contributed by atoms with van der Waals surface area (Å²) in [6.45, 7) is 0. The second kappa shape index (κ2) is 5.37. The lowest BCUT2D eigenvalue weighted by molar-refractivity contribution is 0.370. The van der Waals surface area contributed by atoms with Gasteiger partial charge in [-0.15, -0.1) is 0 Å². The van der Waals surface area contributed by atoms with Crippen LogP contribution in [0, 0.1) is 0 Å². The van der Waals surface area contributed by atoms with E-state index in [4.69, 9.17) is 16.3 Å². The highest BCUT2D eigenvalue weighted by Gasteiger charge is 2.09. The first-order valence-corrected chi connectivity index (χ1v) is 5.36. The Bertz CT molecular complexity index is 315. The van der Waals surface area contributed by atoms with Gasteiger partial charge in [0.2, 0.25) is 0 Å². The van der Waals surface area contributed by atoms with Crippen molar-refractivity contribution in [1.82, 2.24) is 0 Å². The van der Waals surface area contributed by atoms with Crippen LogP contribution in [-0.4, -0.2) is 18.0 Å². The van der Waals surface area contributed by atoms with Crippen LogP contribution in [0.3, 0.4) is 0 Å². The van der Waals surface area contributed by atoms with Crippen molar-refractivity contribution < 1.29 is 9.84 Å². The van der Waals surface area contributed by atoms with Gasteiger partial charge < -0.3 is 9.84 Å². The Morgan fingerprint density at radius 1 is 1.50 bits per heavy atom. The summed E-state index contributed by atoms with van der Waals surface area (Å²) < 4.78 is 4.99. The average molecular weight is 233 g/mol. The van der Waals surface area contributed by atoms with Crippen molar-refractivity contribution in [1.29, 1.82) is 0 Å². The lowest BCUT2D eigenvalue weighted by Gasteiger charge is -2.09. The number of methoxy groups -OCH3 is 1. The summed E-state index contributed by atoms with van der Waals surface area (Å²) in [6, 6.07) is 3.35. The van der Waals surface area contributed by atoms with Crippen molar-refractivity contribution in [3.63, 3.8) is 0 Å². The molecule has 0 atom stereocenters. The maximum absolute atomic E-state index is 9.73. The zero-order chi connectivity index (χ0) is 10.6. The van der Waals surface area contributed by atoms with E-state index in [0.29, 0.717) is 10.8 Å². The monoisotopic (exact) mass is 232 g/mol. The van der Waals surface area contributed by atoms with Crippen molar-refractivity contribution in [2.24, 2.45) is 0 Å². The first-order valence-electron chi connectivity index (χ1n) is 4.35. The van der Waals surface area contributed by atoms with E-state index in [1.807, 2.05) is 0 Å². The van der Waals surface area contributed by atoms with Gasteiger partial charge in [0.1, 0.15) is 0 Å². The minimum Gasteiger partial charge on any atom is -0.504 e. The molecule has 1 rings (SSSR count). The van der Waals surface area contributed by atoms with Crippen LogP contribution in [0.4, 0.5) is 0 Å². The van der Waals surface area contributed by atoms with Crippen molar-refractivity contribution in [2.45, 2.75) is 12.8 Å². The molecule has 0 aliphatic rings. The Labute approximate surface area is 94.3 Å². The lowest BCUT2D eigenvalue weighted by atomic mass is 10.1. The Morgan fingerprint density at radius 3 is 2.79 bits per heavy atom. The number of halogens is 1. The first-order chi connectivity index (χ1) is 6.69. The molecule has 1 N–H and O–H groups in total. The number of thiol groups is 1. The number of phenols is 1. The molecule has 0 radical (unpaired) electrons. The molecule has 0 fully saturated rings. The van der Waals surface area contributed by atoms with Gasteiger partial charge in [-0.1, -0.05) is 11.6 Å². The number of rotatable bonds is 4. The van der Waals surface area contributed by atoms with Crippen LogP contribution in [0.15, 0.2) is 12.1 Å². The SMILES string of the molecule is COc1cc(Cl)cc(CCCS)c1O. The summed E-state index contributed by atoms with van der Waals surface area (Å²) in [4.78, 5) is 0. The molecule has 0 spiro atoms. The van der Waals surface area contributed by atoms with E-state index in [1.54, 1.807) is 12.1 Å². The maximum Gasteiger partial charge on any atom is 0.162 e.